The van der Waals surface area contributed by atoms with E-state index in [1.165, 1.54) is 4.88 Å². The summed E-state index contributed by atoms with van der Waals surface area (Å²) in [5.41, 5.74) is 6.42. The third kappa shape index (κ3) is 1.83. The third-order valence-electron chi connectivity index (χ3n) is 1.86. The molecule has 2 aromatic rings. The number of aromatic nitrogens is 3. The number of thiazole rings is 1. The van der Waals surface area contributed by atoms with E-state index >= 15 is 0 Å². The molecule has 0 bridgehead atoms. The van der Waals surface area contributed by atoms with Crippen molar-refractivity contribution in [1.29, 1.82) is 0 Å². The highest BCUT2D eigenvalue weighted by Gasteiger charge is 2.05. The van der Waals surface area contributed by atoms with Crippen LogP contribution in [0.25, 0.3) is 10.7 Å². The predicted octanol–water partition coefficient (Wildman–Crippen LogP) is 1.34. The Morgan fingerprint density at radius 1 is 1.43 bits per heavy atom. The third-order valence-corrected chi connectivity index (χ3v) is 2.81. The summed E-state index contributed by atoms with van der Waals surface area (Å²) in [7, 11) is 0. The van der Waals surface area contributed by atoms with Gasteiger partial charge in [0.05, 0.1) is 11.9 Å². The lowest BCUT2D eigenvalue weighted by molar-refractivity contribution is 0.895. The van der Waals surface area contributed by atoms with Gasteiger partial charge in [-0.05, 0) is 13.5 Å². The van der Waals surface area contributed by atoms with Gasteiger partial charge in [-0.3, -0.25) is 0 Å². The molecule has 0 atom stereocenters. The number of imidazole rings is 1. The van der Waals surface area contributed by atoms with E-state index in [0.29, 0.717) is 6.54 Å². The van der Waals surface area contributed by atoms with Crippen molar-refractivity contribution in [3.05, 3.63) is 23.1 Å². The lowest BCUT2D eigenvalue weighted by Gasteiger charge is -1.90. The van der Waals surface area contributed by atoms with Crippen molar-refractivity contribution in [2.75, 3.05) is 6.54 Å². The van der Waals surface area contributed by atoms with E-state index in [-0.39, 0.29) is 0 Å². The molecule has 5 heteroatoms. The zero-order chi connectivity index (χ0) is 9.97. The average Bonchev–Trinajstić information content (AvgIpc) is 2.74. The second kappa shape index (κ2) is 3.89. The number of nitrogens with one attached hydrogen (secondary N) is 1. The number of nitrogens with zero attached hydrogens (tertiary/aromatic N) is 2. The van der Waals surface area contributed by atoms with E-state index < -0.39 is 0 Å². The Bertz CT molecular complexity index is 418. The normalized spacial score (nSPS) is 10.7. The largest absolute Gasteiger partial charge is 0.340 e. The van der Waals surface area contributed by atoms with Gasteiger partial charge in [0.15, 0.2) is 0 Å². The van der Waals surface area contributed by atoms with E-state index in [0.717, 1.165) is 22.9 Å². The Labute approximate surface area is 86.2 Å². The van der Waals surface area contributed by atoms with Gasteiger partial charge in [0, 0.05) is 17.5 Å². The second-order valence-electron chi connectivity index (χ2n) is 3.06. The first-order chi connectivity index (χ1) is 6.79. The Morgan fingerprint density at radius 3 is 2.93 bits per heavy atom. The zero-order valence-electron chi connectivity index (χ0n) is 7.95. The summed E-state index contributed by atoms with van der Waals surface area (Å²) in [5, 5.41) is 0.985. The van der Waals surface area contributed by atoms with Crippen LogP contribution in [0.15, 0.2) is 12.4 Å². The van der Waals surface area contributed by atoms with E-state index in [1.54, 1.807) is 11.3 Å². The summed E-state index contributed by atoms with van der Waals surface area (Å²) in [5.74, 6) is 0.926. The van der Waals surface area contributed by atoms with Gasteiger partial charge in [-0.25, -0.2) is 9.97 Å². The predicted molar refractivity (Wildman–Crippen MR) is 57.2 cm³/mol. The maximum Gasteiger partial charge on any atom is 0.141 e. The number of aryl methyl sites for hydroxylation is 1. The zero-order valence-corrected chi connectivity index (χ0v) is 8.77. The number of rotatable bonds is 3. The molecular weight excluding hydrogens is 196 g/mol. The smallest absolute Gasteiger partial charge is 0.141 e. The molecular formula is C9H12N4S. The van der Waals surface area contributed by atoms with Gasteiger partial charge in [-0.2, -0.15) is 0 Å². The molecule has 0 aliphatic rings. The number of H-pyrrole nitrogens is 1. The van der Waals surface area contributed by atoms with Crippen molar-refractivity contribution >= 4 is 11.3 Å². The molecule has 2 rings (SSSR count). The fourth-order valence-corrected chi connectivity index (χ4v) is 1.94. The molecule has 0 aliphatic carbocycles. The minimum atomic E-state index is 0.615. The maximum atomic E-state index is 5.44. The number of hydrogen-bond acceptors (Lipinski definition) is 4. The molecule has 0 radical (unpaired) electrons. The van der Waals surface area contributed by atoms with Crippen LogP contribution in [0.3, 0.4) is 0 Å². The summed E-state index contributed by atoms with van der Waals surface area (Å²) in [4.78, 5) is 12.9. The quantitative estimate of drug-likeness (QED) is 0.800. The maximum absolute atomic E-state index is 5.44. The molecule has 0 saturated carbocycles. The fraction of sp³-hybridized carbons (Fsp3) is 0.333. The molecule has 2 aromatic heterocycles. The van der Waals surface area contributed by atoms with Crippen molar-refractivity contribution in [2.45, 2.75) is 13.3 Å². The van der Waals surface area contributed by atoms with Crippen LogP contribution in [0.4, 0.5) is 0 Å². The molecule has 4 nitrogen and oxygen atoms in total. The minimum absolute atomic E-state index is 0.615. The monoisotopic (exact) mass is 208 g/mol. The van der Waals surface area contributed by atoms with Crippen LogP contribution in [0.2, 0.25) is 0 Å². The van der Waals surface area contributed by atoms with E-state index in [2.05, 4.69) is 15.0 Å². The summed E-state index contributed by atoms with van der Waals surface area (Å²) >= 11 is 1.66. The lowest BCUT2D eigenvalue weighted by atomic mass is 10.4. The molecule has 0 saturated heterocycles. The molecule has 0 unspecified atom stereocenters. The van der Waals surface area contributed by atoms with Gasteiger partial charge >= 0.3 is 0 Å². The molecule has 0 spiro atoms. The molecule has 0 fully saturated rings. The van der Waals surface area contributed by atoms with Crippen LogP contribution in [0, 0.1) is 6.92 Å². The average molecular weight is 208 g/mol. The highest BCUT2D eigenvalue weighted by molar-refractivity contribution is 7.14. The van der Waals surface area contributed by atoms with Gasteiger partial charge in [0.2, 0.25) is 0 Å². The Balaban J connectivity index is 2.24. The number of hydrogen-bond donors (Lipinski definition) is 2. The number of aromatic amines is 1. The SMILES string of the molecule is Cc1cnc(-c2cnc(CCN)[nH]2)s1. The Kier molecular flexibility index (Phi) is 2.60. The van der Waals surface area contributed by atoms with Crippen molar-refractivity contribution in [3.63, 3.8) is 0 Å². The topological polar surface area (TPSA) is 67.6 Å². The van der Waals surface area contributed by atoms with Crippen LogP contribution in [-0.2, 0) is 6.42 Å². The molecule has 74 valence electrons. The summed E-state index contributed by atoms with van der Waals surface area (Å²) < 4.78 is 0. The Morgan fingerprint density at radius 2 is 2.29 bits per heavy atom. The van der Waals surface area contributed by atoms with E-state index in [4.69, 9.17) is 5.73 Å². The first kappa shape index (κ1) is 9.36. The highest BCUT2D eigenvalue weighted by Crippen LogP contribution is 2.22. The van der Waals surface area contributed by atoms with Gasteiger partial charge in [0.25, 0.3) is 0 Å². The molecule has 0 aromatic carbocycles. The first-order valence-corrected chi connectivity index (χ1v) is 5.28. The van der Waals surface area contributed by atoms with Crippen molar-refractivity contribution in [2.24, 2.45) is 5.73 Å². The molecule has 3 N–H and O–H groups in total. The van der Waals surface area contributed by atoms with Crippen LogP contribution >= 0.6 is 11.3 Å². The van der Waals surface area contributed by atoms with Crippen molar-refractivity contribution < 1.29 is 0 Å². The van der Waals surface area contributed by atoms with Crippen LogP contribution in [-0.4, -0.2) is 21.5 Å². The summed E-state index contributed by atoms with van der Waals surface area (Å²) in [6, 6.07) is 0. The second-order valence-corrected chi connectivity index (χ2v) is 4.29. The van der Waals surface area contributed by atoms with Gasteiger partial charge < -0.3 is 10.7 Å². The summed E-state index contributed by atoms with van der Waals surface area (Å²) in [6.07, 6.45) is 4.46. The molecule has 14 heavy (non-hydrogen) atoms. The number of nitrogens with two attached hydrogens (primary N) is 1. The molecule has 0 aliphatic heterocycles. The first-order valence-electron chi connectivity index (χ1n) is 4.46. The lowest BCUT2D eigenvalue weighted by Crippen LogP contribution is -2.03. The van der Waals surface area contributed by atoms with Crippen LogP contribution in [0.5, 0.6) is 0 Å². The van der Waals surface area contributed by atoms with E-state index in [1.807, 2.05) is 19.3 Å². The van der Waals surface area contributed by atoms with Crippen molar-refractivity contribution in [3.8, 4) is 10.7 Å². The van der Waals surface area contributed by atoms with E-state index in [9.17, 15) is 0 Å². The highest BCUT2D eigenvalue weighted by atomic mass is 32.1. The fourth-order valence-electron chi connectivity index (χ4n) is 1.21. The van der Waals surface area contributed by atoms with Crippen LogP contribution < -0.4 is 5.73 Å². The van der Waals surface area contributed by atoms with Crippen LogP contribution in [0.1, 0.15) is 10.7 Å². The molecule has 2 heterocycles. The van der Waals surface area contributed by atoms with Crippen molar-refractivity contribution in [1.82, 2.24) is 15.0 Å². The standard InChI is InChI=1S/C9H12N4S/c1-6-4-12-9(14-6)7-5-11-8(13-7)2-3-10/h4-5H,2-3,10H2,1H3,(H,11,13). The minimum Gasteiger partial charge on any atom is -0.340 e. The summed E-state index contributed by atoms with van der Waals surface area (Å²) in [6.45, 7) is 2.65. The van der Waals surface area contributed by atoms with Gasteiger partial charge in [-0.15, -0.1) is 11.3 Å². The Hall–Kier alpha value is -1.20. The van der Waals surface area contributed by atoms with Gasteiger partial charge in [-0.1, -0.05) is 0 Å². The van der Waals surface area contributed by atoms with Gasteiger partial charge in [0.1, 0.15) is 10.8 Å². The molecule has 0 amide bonds.